The van der Waals surface area contributed by atoms with Gasteiger partial charge >= 0.3 is 0 Å². The molecule has 2 aromatic rings. The van der Waals surface area contributed by atoms with Gasteiger partial charge in [0.2, 0.25) is 5.91 Å². The van der Waals surface area contributed by atoms with Crippen LogP contribution in [-0.4, -0.2) is 45.6 Å². The summed E-state index contributed by atoms with van der Waals surface area (Å²) in [6, 6.07) is 11.9. The third-order valence-electron chi connectivity index (χ3n) is 5.49. The first-order valence-corrected chi connectivity index (χ1v) is 9.92. The summed E-state index contributed by atoms with van der Waals surface area (Å²) in [5.74, 6) is -0.168. The van der Waals surface area contributed by atoms with E-state index in [0.717, 1.165) is 24.1 Å². The van der Waals surface area contributed by atoms with Gasteiger partial charge in [-0.05, 0) is 18.9 Å². The van der Waals surface area contributed by atoms with E-state index < -0.39 is 0 Å². The van der Waals surface area contributed by atoms with E-state index in [-0.39, 0.29) is 24.4 Å². The number of nitrogens with one attached hydrogen (secondary N) is 1. The van der Waals surface area contributed by atoms with Gasteiger partial charge in [-0.2, -0.15) is 5.10 Å². The summed E-state index contributed by atoms with van der Waals surface area (Å²) >= 11 is 0. The third kappa shape index (κ3) is 4.04. The van der Waals surface area contributed by atoms with E-state index in [9.17, 15) is 9.59 Å². The van der Waals surface area contributed by atoms with Crippen LogP contribution in [0, 0.1) is 0 Å². The SMILES string of the molecule is O=C(CN1CCn2nc(-c3ccccc3)cc2C1=O)NC1CCCCCC1. The van der Waals surface area contributed by atoms with Gasteiger partial charge in [0.15, 0.2) is 0 Å². The second-order valence-electron chi connectivity index (χ2n) is 7.49. The molecule has 0 radical (unpaired) electrons. The third-order valence-corrected chi connectivity index (χ3v) is 5.49. The van der Waals surface area contributed by atoms with Crippen LogP contribution < -0.4 is 5.32 Å². The van der Waals surface area contributed by atoms with Crippen molar-refractivity contribution in [3.63, 3.8) is 0 Å². The van der Waals surface area contributed by atoms with Crippen LogP contribution in [0.3, 0.4) is 0 Å². The van der Waals surface area contributed by atoms with Gasteiger partial charge in [0.1, 0.15) is 5.69 Å². The minimum Gasteiger partial charge on any atom is -0.352 e. The molecule has 1 aromatic heterocycles. The summed E-state index contributed by atoms with van der Waals surface area (Å²) < 4.78 is 1.75. The zero-order valence-corrected chi connectivity index (χ0v) is 15.6. The summed E-state index contributed by atoms with van der Waals surface area (Å²) in [7, 11) is 0. The fourth-order valence-electron chi connectivity index (χ4n) is 4.01. The summed E-state index contributed by atoms with van der Waals surface area (Å²) in [6.45, 7) is 1.26. The van der Waals surface area contributed by atoms with E-state index >= 15 is 0 Å². The van der Waals surface area contributed by atoms with E-state index in [1.807, 2.05) is 36.4 Å². The second-order valence-corrected chi connectivity index (χ2v) is 7.49. The number of hydrogen-bond acceptors (Lipinski definition) is 3. The van der Waals surface area contributed by atoms with Crippen molar-refractivity contribution in [1.82, 2.24) is 20.0 Å². The number of carbonyl (C=O) groups is 2. The molecule has 4 rings (SSSR count). The van der Waals surface area contributed by atoms with Crippen molar-refractivity contribution >= 4 is 11.8 Å². The van der Waals surface area contributed by atoms with Gasteiger partial charge < -0.3 is 10.2 Å². The van der Waals surface area contributed by atoms with Crippen LogP contribution >= 0.6 is 0 Å². The highest BCUT2D eigenvalue weighted by atomic mass is 16.2. The number of amides is 2. The van der Waals surface area contributed by atoms with Crippen molar-refractivity contribution in [2.75, 3.05) is 13.1 Å². The average molecular weight is 366 g/mol. The standard InChI is InChI=1S/C21H26N4O2/c26-20(22-17-10-6-1-2-7-11-17)15-24-12-13-25-19(21(24)27)14-18(23-25)16-8-4-3-5-9-16/h3-5,8-9,14,17H,1-2,6-7,10-13,15H2,(H,22,26). The molecule has 2 heterocycles. The van der Waals surface area contributed by atoms with Crippen LogP contribution in [0.15, 0.2) is 36.4 Å². The molecule has 1 fully saturated rings. The first-order valence-electron chi connectivity index (χ1n) is 9.92. The van der Waals surface area contributed by atoms with Crippen molar-refractivity contribution in [1.29, 1.82) is 0 Å². The van der Waals surface area contributed by atoms with Crippen LogP contribution in [0.2, 0.25) is 0 Å². The minimum atomic E-state index is -0.119. The monoisotopic (exact) mass is 366 g/mol. The van der Waals surface area contributed by atoms with Gasteiger partial charge in [0.05, 0.1) is 18.8 Å². The van der Waals surface area contributed by atoms with Crippen molar-refractivity contribution in [2.24, 2.45) is 0 Å². The highest BCUT2D eigenvalue weighted by molar-refractivity contribution is 5.96. The molecule has 0 spiro atoms. The first kappa shape index (κ1) is 17.8. The Hall–Kier alpha value is -2.63. The molecule has 0 atom stereocenters. The molecule has 1 N–H and O–H groups in total. The Morgan fingerprint density at radius 2 is 1.81 bits per heavy atom. The van der Waals surface area contributed by atoms with E-state index in [1.54, 1.807) is 9.58 Å². The molecule has 1 saturated carbocycles. The molecule has 0 bridgehead atoms. The molecule has 1 aromatic carbocycles. The largest absolute Gasteiger partial charge is 0.352 e. The molecule has 0 saturated heterocycles. The van der Waals surface area contributed by atoms with E-state index in [1.165, 1.54) is 25.7 Å². The van der Waals surface area contributed by atoms with Gasteiger partial charge in [0.25, 0.3) is 5.91 Å². The van der Waals surface area contributed by atoms with E-state index in [0.29, 0.717) is 18.8 Å². The topological polar surface area (TPSA) is 67.2 Å². The van der Waals surface area contributed by atoms with Crippen LogP contribution in [0.1, 0.15) is 49.0 Å². The number of benzene rings is 1. The lowest BCUT2D eigenvalue weighted by molar-refractivity contribution is -0.122. The summed E-state index contributed by atoms with van der Waals surface area (Å²) in [4.78, 5) is 26.9. The highest BCUT2D eigenvalue weighted by Crippen LogP contribution is 2.22. The molecule has 1 aliphatic heterocycles. The van der Waals surface area contributed by atoms with Crippen molar-refractivity contribution in [2.45, 2.75) is 51.1 Å². The number of fused-ring (bicyclic) bond motifs is 1. The molecule has 6 nitrogen and oxygen atoms in total. The average Bonchev–Trinajstić information content (AvgIpc) is 2.96. The van der Waals surface area contributed by atoms with Crippen molar-refractivity contribution in [3.05, 3.63) is 42.1 Å². The Balaban J connectivity index is 1.41. The highest BCUT2D eigenvalue weighted by Gasteiger charge is 2.28. The zero-order chi connectivity index (χ0) is 18.6. The summed E-state index contributed by atoms with van der Waals surface area (Å²) in [5.41, 5.74) is 2.34. The molecule has 142 valence electrons. The minimum absolute atomic E-state index is 0.0495. The predicted octanol–water partition coefficient (Wildman–Crippen LogP) is 2.84. The van der Waals surface area contributed by atoms with Crippen LogP contribution in [0.25, 0.3) is 11.3 Å². The van der Waals surface area contributed by atoms with Gasteiger partial charge in [-0.1, -0.05) is 56.0 Å². The Morgan fingerprint density at radius 1 is 1.07 bits per heavy atom. The van der Waals surface area contributed by atoms with Crippen molar-refractivity contribution < 1.29 is 9.59 Å². The first-order chi connectivity index (χ1) is 13.2. The van der Waals surface area contributed by atoms with E-state index in [4.69, 9.17) is 0 Å². The molecule has 0 unspecified atom stereocenters. The summed E-state index contributed by atoms with van der Waals surface area (Å²) in [5, 5.41) is 7.68. The zero-order valence-electron chi connectivity index (χ0n) is 15.6. The maximum absolute atomic E-state index is 12.8. The Morgan fingerprint density at radius 3 is 2.56 bits per heavy atom. The Labute approximate surface area is 159 Å². The molecule has 6 heteroatoms. The number of rotatable bonds is 4. The molecule has 2 aliphatic rings. The summed E-state index contributed by atoms with van der Waals surface area (Å²) in [6.07, 6.45) is 6.96. The lowest BCUT2D eigenvalue weighted by Crippen LogP contribution is -2.47. The maximum atomic E-state index is 12.8. The predicted molar refractivity (Wildman–Crippen MR) is 103 cm³/mol. The van der Waals surface area contributed by atoms with Gasteiger partial charge in [-0.15, -0.1) is 0 Å². The van der Waals surface area contributed by atoms with Crippen LogP contribution in [0.4, 0.5) is 0 Å². The number of aromatic nitrogens is 2. The lowest BCUT2D eigenvalue weighted by atomic mass is 10.1. The van der Waals surface area contributed by atoms with Gasteiger partial charge in [-0.3, -0.25) is 14.3 Å². The normalized spacial score (nSPS) is 18.1. The Kier molecular flexibility index (Phi) is 5.23. The maximum Gasteiger partial charge on any atom is 0.272 e. The number of hydrogen-bond donors (Lipinski definition) is 1. The quantitative estimate of drug-likeness (QED) is 0.846. The molecule has 2 amide bonds. The number of carbonyl (C=O) groups excluding carboxylic acids is 2. The Bertz CT molecular complexity index is 807. The van der Waals surface area contributed by atoms with E-state index in [2.05, 4.69) is 10.4 Å². The second kappa shape index (κ2) is 7.94. The molecule has 27 heavy (non-hydrogen) atoms. The van der Waals surface area contributed by atoms with Crippen LogP contribution in [0.5, 0.6) is 0 Å². The fourth-order valence-corrected chi connectivity index (χ4v) is 4.01. The molecule has 1 aliphatic carbocycles. The van der Waals surface area contributed by atoms with Gasteiger partial charge in [-0.25, -0.2) is 0 Å². The molecular formula is C21H26N4O2. The van der Waals surface area contributed by atoms with Crippen LogP contribution in [-0.2, 0) is 11.3 Å². The van der Waals surface area contributed by atoms with Gasteiger partial charge in [0, 0.05) is 18.2 Å². The van der Waals surface area contributed by atoms with Crippen molar-refractivity contribution in [3.8, 4) is 11.3 Å². The molecular weight excluding hydrogens is 340 g/mol. The number of nitrogens with zero attached hydrogens (tertiary/aromatic N) is 3. The smallest absolute Gasteiger partial charge is 0.272 e. The lowest BCUT2D eigenvalue weighted by Gasteiger charge is -2.27. The fraction of sp³-hybridized carbons (Fsp3) is 0.476.